The van der Waals surface area contributed by atoms with Crippen molar-refractivity contribution in [1.82, 2.24) is 15.5 Å². The monoisotopic (exact) mass is 341 g/mol. The number of amides is 4. The van der Waals surface area contributed by atoms with E-state index in [0.717, 1.165) is 18.4 Å². The van der Waals surface area contributed by atoms with Gasteiger partial charge in [0.1, 0.15) is 6.04 Å². The first kappa shape index (κ1) is 16.9. The van der Waals surface area contributed by atoms with E-state index in [0.29, 0.717) is 5.56 Å². The van der Waals surface area contributed by atoms with Crippen molar-refractivity contribution in [2.75, 3.05) is 7.05 Å². The van der Waals surface area contributed by atoms with Crippen LogP contribution in [-0.2, 0) is 14.4 Å². The highest BCUT2D eigenvalue weighted by Gasteiger charge is 2.43. The molecule has 3 rings (SSSR count). The molecule has 1 saturated heterocycles. The zero-order valence-electron chi connectivity index (χ0n) is 13.8. The quantitative estimate of drug-likeness (QED) is 0.601. The van der Waals surface area contributed by atoms with E-state index in [9.17, 15) is 19.2 Å². The van der Waals surface area contributed by atoms with E-state index in [4.69, 9.17) is 0 Å². The summed E-state index contributed by atoms with van der Waals surface area (Å²) in [4.78, 5) is 48.8. The molecular weight excluding hydrogens is 322 g/mol. The van der Waals surface area contributed by atoms with Crippen LogP contribution in [0.4, 0.5) is 0 Å². The third-order valence-electron chi connectivity index (χ3n) is 4.29. The average Bonchev–Trinajstić information content (AvgIpc) is 3.38. The molecule has 1 aromatic carbocycles. The first-order chi connectivity index (χ1) is 12.0. The Hall–Kier alpha value is -2.96. The third-order valence-corrected chi connectivity index (χ3v) is 4.29. The minimum Gasteiger partial charge on any atom is -0.355 e. The van der Waals surface area contributed by atoms with E-state index in [1.54, 1.807) is 37.4 Å². The summed E-state index contributed by atoms with van der Waals surface area (Å²) in [5.74, 6) is -1.22. The van der Waals surface area contributed by atoms with E-state index in [2.05, 4.69) is 10.6 Å². The Labute approximate surface area is 145 Å². The van der Waals surface area contributed by atoms with Crippen molar-refractivity contribution in [3.63, 3.8) is 0 Å². The largest absolute Gasteiger partial charge is 0.355 e. The normalized spacial score (nSPS) is 19.8. The Bertz CT molecular complexity index is 750. The predicted molar refractivity (Wildman–Crippen MR) is 90.3 cm³/mol. The Kier molecular flexibility index (Phi) is 4.65. The standard InChI is InChI=1S/C18H19N3O4/c1-19-17(24)12-5-2-11(3-6-12)4-9-16(23)21(13-7-8-13)14-10-15(22)20-18(14)25/h2-6,9,13-14H,7-8,10H2,1H3,(H,19,24)(H,20,22,25)/b9-4-/t14-/m1/s1. The van der Waals surface area contributed by atoms with Crippen LogP contribution >= 0.6 is 0 Å². The summed E-state index contributed by atoms with van der Waals surface area (Å²) >= 11 is 0. The second-order valence-electron chi connectivity index (χ2n) is 6.14. The molecule has 7 heteroatoms. The fourth-order valence-electron chi connectivity index (χ4n) is 2.85. The van der Waals surface area contributed by atoms with Crippen LogP contribution in [0.5, 0.6) is 0 Å². The molecular formula is C18H19N3O4. The van der Waals surface area contributed by atoms with Gasteiger partial charge in [0.2, 0.25) is 17.7 Å². The van der Waals surface area contributed by atoms with Crippen molar-refractivity contribution in [3.05, 3.63) is 41.5 Å². The van der Waals surface area contributed by atoms with Crippen LogP contribution in [0.2, 0.25) is 0 Å². The van der Waals surface area contributed by atoms with Crippen LogP contribution in [0.25, 0.3) is 6.08 Å². The maximum Gasteiger partial charge on any atom is 0.251 e. The zero-order chi connectivity index (χ0) is 18.0. The molecule has 0 radical (unpaired) electrons. The van der Waals surface area contributed by atoms with Crippen molar-refractivity contribution < 1.29 is 19.2 Å². The molecule has 1 atom stereocenters. The van der Waals surface area contributed by atoms with Crippen LogP contribution in [0.15, 0.2) is 30.3 Å². The molecule has 2 N–H and O–H groups in total. The van der Waals surface area contributed by atoms with Crippen LogP contribution < -0.4 is 10.6 Å². The lowest BCUT2D eigenvalue weighted by Crippen LogP contribution is -2.45. The number of rotatable bonds is 5. The average molecular weight is 341 g/mol. The molecule has 4 amide bonds. The molecule has 1 aromatic rings. The first-order valence-electron chi connectivity index (χ1n) is 8.16. The summed E-state index contributed by atoms with van der Waals surface area (Å²) in [7, 11) is 1.56. The number of nitrogens with one attached hydrogen (secondary N) is 2. The molecule has 0 spiro atoms. The third kappa shape index (κ3) is 3.76. The van der Waals surface area contributed by atoms with Crippen molar-refractivity contribution >= 4 is 29.7 Å². The molecule has 0 aromatic heterocycles. The fourth-order valence-corrected chi connectivity index (χ4v) is 2.85. The maximum atomic E-state index is 12.5. The number of hydrogen-bond acceptors (Lipinski definition) is 4. The van der Waals surface area contributed by atoms with Crippen LogP contribution in [-0.4, -0.2) is 47.7 Å². The van der Waals surface area contributed by atoms with Crippen LogP contribution in [0.1, 0.15) is 35.2 Å². The number of carbonyl (C=O) groups excluding carboxylic acids is 4. The second-order valence-corrected chi connectivity index (χ2v) is 6.14. The number of benzene rings is 1. The molecule has 130 valence electrons. The summed E-state index contributed by atoms with van der Waals surface area (Å²) < 4.78 is 0. The van der Waals surface area contributed by atoms with E-state index in [1.807, 2.05) is 0 Å². The summed E-state index contributed by atoms with van der Waals surface area (Å²) in [5.41, 5.74) is 1.30. The SMILES string of the molecule is CNC(=O)c1ccc(/C=C\C(=O)N(C2CC2)[C@@H]2CC(=O)NC2=O)cc1. The first-order valence-corrected chi connectivity index (χ1v) is 8.16. The van der Waals surface area contributed by atoms with Gasteiger partial charge in [-0.3, -0.25) is 24.5 Å². The van der Waals surface area contributed by atoms with E-state index in [1.165, 1.54) is 11.0 Å². The number of nitrogens with zero attached hydrogens (tertiary/aromatic N) is 1. The Morgan fingerprint density at radius 1 is 1.20 bits per heavy atom. The highest BCUT2D eigenvalue weighted by molar-refractivity contribution is 6.08. The van der Waals surface area contributed by atoms with Gasteiger partial charge in [0.05, 0.1) is 6.42 Å². The lowest BCUT2D eigenvalue weighted by molar-refractivity contribution is -0.135. The predicted octanol–water partition coefficient (Wildman–Crippen LogP) is 0.465. The Morgan fingerprint density at radius 2 is 1.88 bits per heavy atom. The molecule has 7 nitrogen and oxygen atoms in total. The van der Waals surface area contributed by atoms with Gasteiger partial charge < -0.3 is 10.2 Å². The van der Waals surface area contributed by atoms with Gasteiger partial charge in [0.15, 0.2) is 0 Å². The molecule has 25 heavy (non-hydrogen) atoms. The lowest BCUT2D eigenvalue weighted by atomic mass is 10.1. The van der Waals surface area contributed by atoms with Gasteiger partial charge in [0.25, 0.3) is 5.91 Å². The van der Waals surface area contributed by atoms with Gasteiger partial charge >= 0.3 is 0 Å². The fraction of sp³-hybridized carbons (Fsp3) is 0.333. The van der Waals surface area contributed by atoms with Crippen molar-refractivity contribution in [1.29, 1.82) is 0 Å². The van der Waals surface area contributed by atoms with Gasteiger partial charge in [-0.2, -0.15) is 0 Å². The smallest absolute Gasteiger partial charge is 0.251 e. The van der Waals surface area contributed by atoms with Gasteiger partial charge in [-0.15, -0.1) is 0 Å². The second kappa shape index (κ2) is 6.88. The number of hydrogen-bond donors (Lipinski definition) is 2. The molecule has 2 aliphatic rings. The topological polar surface area (TPSA) is 95.6 Å². The maximum absolute atomic E-state index is 12.5. The molecule has 0 bridgehead atoms. The molecule has 2 fully saturated rings. The molecule has 1 saturated carbocycles. The van der Waals surface area contributed by atoms with Crippen molar-refractivity contribution in [3.8, 4) is 0 Å². The minimum absolute atomic E-state index is 0.0226. The summed E-state index contributed by atoms with van der Waals surface area (Å²) in [5, 5.41) is 4.79. The Morgan fingerprint density at radius 3 is 2.40 bits per heavy atom. The summed E-state index contributed by atoms with van der Waals surface area (Å²) in [6.07, 6.45) is 4.76. The van der Waals surface area contributed by atoms with Crippen LogP contribution in [0.3, 0.4) is 0 Å². The lowest BCUT2D eigenvalue weighted by Gasteiger charge is -2.25. The van der Waals surface area contributed by atoms with Gasteiger partial charge in [-0.05, 0) is 36.6 Å². The van der Waals surface area contributed by atoms with Crippen LogP contribution in [0, 0.1) is 0 Å². The molecule has 1 aliphatic heterocycles. The summed E-state index contributed by atoms with van der Waals surface area (Å²) in [6.45, 7) is 0. The number of carbonyl (C=O) groups is 4. The number of imide groups is 1. The van der Waals surface area contributed by atoms with Crippen molar-refractivity contribution in [2.45, 2.75) is 31.3 Å². The highest BCUT2D eigenvalue weighted by atomic mass is 16.2. The van der Waals surface area contributed by atoms with Crippen molar-refractivity contribution in [2.24, 2.45) is 0 Å². The highest BCUT2D eigenvalue weighted by Crippen LogP contribution is 2.31. The van der Waals surface area contributed by atoms with E-state index >= 15 is 0 Å². The van der Waals surface area contributed by atoms with Gasteiger partial charge in [-0.1, -0.05) is 12.1 Å². The van der Waals surface area contributed by atoms with Gasteiger partial charge in [-0.25, -0.2) is 0 Å². The Balaban J connectivity index is 1.71. The van der Waals surface area contributed by atoms with E-state index in [-0.39, 0.29) is 30.2 Å². The molecule has 1 heterocycles. The summed E-state index contributed by atoms with van der Waals surface area (Å²) in [6, 6.07) is 6.13. The zero-order valence-corrected chi connectivity index (χ0v) is 13.8. The molecule has 0 unspecified atom stereocenters. The minimum atomic E-state index is -0.715. The molecule has 1 aliphatic carbocycles. The van der Waals surface area contributed by atoms with E-state index < -0.39 is 11.9 Å². The van der Waals surface area contributed by atoms with Gasteiger partial charge in [0, 0.05) is 24.7 Å².